The van der Waals surface area contributed by atoms with Crippen molar-refractivity contribution < 1.29 is 14.3 Å². The Morgan fingerprint density at radius 2 is 1.91 bits per heavy atom. The van der Waals surface area contributed by atoms with Gasteiger partial charge in [0.05, 0.1) is 16.8 Å². The maximum Gasteiger partial charge on any atom is 0.265 e. The summed E-state index contributed by atoms with van der Waals surface area (Å²) in [6.45, 7) is 4.13. The highest BCUT2D eigenvalue weighted by Gasteiger charge is 2.17. The molecule has 2 rings (SSSR count). The topological polar surface area (TPSA) is 47.6 Å². The Morgan fingerprint density at radius 3 is 2.61 bits per heavy atom. The fourth-order valence-electron chi connectivity index (χ4n) is 1.90. The third-order valence-electron chi connectivity index (χ3n) is 3.01. The van der Waals surface area contributed by atoms with Gasteiger partial charge in [0.25, 0.3) is 5.91 Å². The normalized spacial score (nSPS) is 11.7. The average Bonchev–Trinajstić information content (AvgIpc) is 2.52. The van der Waals surface area contributed by atoms with Gasteiger partial charge in [-0.05, 0) is 60.1 Å². The van der Waals surface area contributed by atoms with E-state index in [1.54, 1.807) is 19.1 Å². The number of para-hydroxylation sites is 2. The Morgan fingerprint density at radius 1 is 1.17 bits per heavy atom. The first-order valence-electron chi connectivity index (χ1n) is 7.15. The second-order valence-corrected chi connectivity index (χ2v) is 6.52. The van der Waals surface area contributed by atoms with E-state index in [9.17, 15) is 4.79 Å². The van der Waals surface area contributed by atoms with Gasteiger partial charge in [-0.3, -0.25) is 4.79 Å². The van der Waals surface area contributed by atoms with Crippen molar-refractivity contribution in [3.05, 3.63) is 51.4 Å². The Labute approximate surface area is 152 Å². The lowest BCUT2D eigenvalue weighted by Crippen LogP contribution is -2.30. The summed E-state index contributed by atoms with van der Waals surface area (Å²) in [5.74, 6) is 1.00. The number of rotatable bonds is 6. The molecule has 0 radical (unpaired) electrons. The molecule has 6 heteroatoms. The van der Waals surface area contributed by atoms with E-state index in [1.165, 1.54) is 0 Å². The highest BCUT2D eigenvalue weighted by Crippen LogP contribution is 2.29. The van der Waals surface area contributed by atoms with Gasteiger partial charge in [0.2, 0.25) is 0 Å². The predicted octanol–water partition coefficient (Wildman–Crippen LogP) is 5.02. The molecule has 2 aromatic carbocycles. The lowest BCUT2D eigenvalue weighted by atomic mass is 10.2. The molecule has 1 atom stereocenters. The average molecular weight is 443 g/mol. The van der Waals surface area contributed by atoms with Gasteiger partial charge in [0.15, 0.2) is 6.10 Å². The van der Waals surface area contributed by atoms with Crippen LogP contribution in [0.1, 0.15) is 13.8 Å². The number of halogens is 2. The van der Waals surface area contributed by atoms with Crippen LogP contribution in [-0.4, -0.2) is 18.6 Å². The lowest BCUT2D eigenvalue weighted by molar-refractivity contribution is -0.122. The van der Waals surface area contributed by atoms with E-state index in [4.69, 9.17) is 9.47 Å². The number of benzene rings is 2. The minimum Gasteiger partial charge on any atom is -0.492 e. The maximum absolute atomic E-state index is 12.3. The summed E-state index contributed by atoms with van der Waals surface area (Å²) >= 11 is 6.80. The number of amides is 1. The molecule has 0 aliphatic heterocycles. The van der Waals surface area contributed by atoms with E-state index in [0.29, 0.717) is 23.8 Å². The Balaban J connectivity index is 2.05. The molecule has 1 N–H and O–H groups in total. The number of anilines is 1. The van der Waals surface area contributed by atoms with Crippen LogP contribution >= 0.6 is 31.9 Å². The third-order valence-corrected chi connectivity index (χ3v) is 4.12. The molecular weight excluding hydrogens is 426 g/mol. The zero-order valence-corrected chi connectivity index (χ0v) is 16.0. The van der Waals surface area contributed by atoms with Gasteiger partial charge in [-0.1, -0.05) is 28.1 Å². The number of nitrogens with one attached hydrogen (secondary N) is 1. The van der Waals surface area contributed by atoms with Crippen LogP contribution < -0.4 is 14.8 Å². The Hall–Kier alpha value is -1.53. The number of carbonyl (C=O) groups is 1. The molecule has 0 bridgehead atoms. The number of carbonyl (C=O) groups excluding carboxylic acids is 1. The van der Waals surface area contributed by atoms with Gasteiger partial charge >= 0.3 is 0 Å². The van der Waals surface area contributed by atoms with Crippen molar-refractivity contribution in [2.24, 2.45) is 0 Å². The van der Waals surface area contributed by atoms with Gasteiger partial charge in [-0.2, -0.15) is 0 Å². The van der Waals surface area contributed by atoms with E-state index in [2.05, 4.69) is 37.2 Å². The first kappa shape index (κ1) is 17.8. The summed E-state index contributed by atoms with van der Waals surface area (Å²) in [5.41, 5.74) is 0.629. The van der Waals surface area contributed by atoms with Crippen LogP contribution in [0.2, 0.25) is 0 Å². The molecule has 0 saturated carbocycles. The van der Waals surface area contributed by atoms with Crippen molar-refractivity contribution in [3.63, 3.8) is 0 Å². The summed E-state index contributed by atoms with van der Waals surface area (Å²) in [4.78, 5) is 12.3. The quantitative estimate of drug-likeness (QED) is 0.683. The molecule has 2 aromatic rings. The molecule has 0 spiro atoms. The standard InChI is InChI=1S/C17H17Br2NO3/c1-3-22-16-7-5-4-6-14(16)20-17(21)11(2)23-15-9-8-12(18)10-13(15)19/h4-11H,3H2,1-2H3,(H,20,21)/t11-/m0/s1. The summed E-state index contributed by atoms with van der Waals surface area (Å²) in [6.07, 6.45) is -0.651. The summed E-state index contributed by atoms with van der Waals surface area (Å²) in [6, 6.07) is 12.8. The summed E-state index contributed by atoms with van der Waals surface area (Å²) in [5, 5.41) is 2.83. The van der Waals surface area contributed by atoms with E-state index in [0.717, 1.165) is 8.95 Å². The Kier molecular flexibility index (Phi) is 6.47. The van der Waals surface area contributed by atoms with Crippen molar-refractivity contribution in [1.82, 2.24) is 0 Å². The van der Waals surface area contributed by atoms with Crippen LogP contribution in [0.3, 0.4) is 0 Å². The largest absolute Gasteiger partial charge is 0.492 e. The van der Waals surface area contributed by atoms with Gasteiger partial charge in [0, 0.05) is 4.47 Å². The molecule has 0 aromatic heterocycles. The number of ether oxygens (including phenoxy) is 2. The maximum atomic E-state index is 12.3. The van der Waals surface area contributed by atoms with Crippen molar-refractivity contribution in [3.8, 4) is 11.5 Å². The molecule has 0 unspecified atom stereocenters. The van der Waals surface area contributed by atoms with Crippen LogP contribution in [0.5, 0.6) is 11.5 Å². The Bertz CT molecular complexity index is 691. The molecule has 0 saturated heterocycles. The third kappa shape index (κ3) is 4.97. The van der Waals surface area contributed by atoms with Crippen LogP contribution in [-0.2, 0) is 4.79 Å². The van der Waals surface area contributed by atoms with Gasteiger partial charge in [0.1, 0.15) is 11.5 Å². The molecule has 23 heavy (non-hydrogen) atoms. The molecule has 0 fully saturated rings. The van der Waals surface area contributed by atoms with Crippen molar-refractivity contribution in [1.29, 1.82) is 0 Å². The zero-order chi connectivity index (χ0) is 16.8. The van der Waals surface area contributed by atoms with Crippen molar-refractivity contribution in [2.75, 3.05) is 11.9 Å². The predicted molar refractivity (Wildman–Crippen MR) is 98.2 cm³/mol. The molecule has 1 amide bonds. The second-order valence-electron chi connectivity index (χ2n) is 4.75. The minimum atomic E-state index is -0.651. The molecular formula is C17H17Br2NO3. The second kappa shape index (κ2) is 8.36. The van der Waals surface area contributed by atoms with Gasteiger partial charge in [-0.25, -0.2) is 0 Å². The molecule has 0 heterocycles. The van der Waals surface area contributed by atoms with Crippen LogP contribution in [0, 0.1) is 0 Å². The molecule has 4 nitrogen and oxygen atoms in total. The zero-order valence-electron chi connectivity index (χ0n) is 12.8. The summed E-state index contributed by atoms with van der Waals surface area (Å²) in [7, 11) is 0. The number of hydrogen-bond donors (Lipinski definition) is 1. The SMILES string of the molecule is CCOc1ccccc1NC(=O)[C@H](C)Oc1ccc(Br)cc1Br. The fourth-order valence-corrected chi connectivity index (χ4v) is 3.04. The molecule has 0 aliphatic rings. The van der Waals surface area contributed by atoms with E-state index < -0.39 is 6.10 Å². The monoisotopic (exact) mass is 441 g/mol. The van der Waals surface area contributed by atoms with Crippen molar-refractivity contribution in [2.45, 2.75) is 20.0 Å². The van der Waals surface area contributed by atoms with Crippen LogP contribution in [0.4, 0.5) is 5.69 Å². The fraction of sp³-hybridized carbons (Fsp3) is 0.235. The van der Waals surface area contributed by atoms with E-state index >= 15 is 0 Å². The molecule has 0 aliphatic carbocycles. The van der Waals surface area contributed by atoms with Crippen LogP contribution in [0.15, 0.2) is 51.4 Å². The smallest absolute Gasteiger partial charge is 0.265 e. The van der Waals surface area contributed by atoms with Crippen molar-refractivity contribution >= 4 is 43.5 Å². The minimum absolute atomic E-state index is 0.244. The highest BCUT2D eigenvalue weighted by molar-refractivity contribution is 9.11. The number of hydrogen-bond acceptors (Lipinski definition) is 3. The van der Waals surface area contributed by atoms with Gasteiger partial charge in [-0.15, -0.1) is 0 Å². The highest BCUT2D eigenvalue weighted by atomic mass is 79.9. The van der Waals surface area contributed by atoms with Gasteiger partial charge < -0.3 is 14.8 Å². The van der Waals surface area contributed by atoms with E-state index in [1.807, 2.05) is 37.3 Å². The molecule has 122 valence electrons. The van der Waals surface area contributed by atoms with E-state index in [-0.39, 0.29) is 5.91 Å². The lowest BCUT2D eigenvalue weighted by Gasteiger charge is -2.17. The first-order chi connectivity index (χ1) is 11.0. The summed E-state index contributed by atoms with van der Waals surface area (Å²) < 4.78 is 12.9. The first-order valence-corrected chi connectivity index (χ1v) is 8.74. The van der Waals surface area contributed by atoms with Crippen LogP contribution in [0.25, 0.3) is 0 Å².